The lowest BCUT2D eigenvalue weighted by molar-refractivity contribution is -0.131. The third-order valence-electron chi connectivity index (χ3n) is 2.68. The molecule has 1 heterocycles. The molecule has 5 heteroatoms. The van der Waals surface area contributed by atoms with Crippen molar-refractivity contribution in [3.8, 4) is 5.69 Å². The second kappa shape index (κ2) is 5.84. The van der Waals surface area contributed by atoms with Crippen molar-refractivity contribution in [1.82, 2.24) is 9.55 Å². The van der Waals surface area contributed by atoms with Crippen LogP contribution in [0, 0.1) is 0 Å². The van der Waals surface area contributed by atoms with Gasteiger partial charge in [0.15, 0.2) is 0 Å². The lowest BCUT2D eigenvalue weighted by Crippen LogP contribution is -2.00. The second-order valence-electron chi connectivity index (χ2n) is 3.95. The predicted octanol–water partition coefficient (Wildman–Crippen LogP) is 3.30. The number of hydrogen-bond donors (Lipinski definition) is 1. The molecule has 0 atom stereocenters. The number of benzene rings is 1. The molecule has 0 unspecified atom stereocenters. The van der Waals surface area contributed by atoms with Crippen LogP contribution in [0.5, 0.6) is 0 Å². The molecular weight excluding hydrogens is 308 g/mol. The van der Waals surface area contributed by atoms with Crippen LogP contribution in [0.4, 0.5) is 0 Å². The summed E-state index contributed by atoms with van der Waals surface area (Å²) in [7, 11) is 0. The SMILES string of the molecule is CCc1nccn1-c1ccc(/C=C/C(=O)O)cc1Br. The molecule has 0 aliphatic rings. The van der Waals surface area contributed by atoms with E-state index < -0.39 is 5.97 Å². The fourth-order valence-corrected chi connectivity index (χ4v) is 2.39. The lowest BCUT2D eigenvalue weighted by Gasteiger charge is -2.09. The molecular formula is C14H13BrN2O2. The number of carbonyl (C=O) groups is 1. The number of hydrogen-bond acceptors (Lipinski definition) is 2. The normalized spacial score (nSPS) is 11.1. The maximum atomic E-state index is 10.5. The van der Waals surface area contributed by atoms with Crippen LogP contribution in [0.2, 0.25) is 0 Å². The molecule has 0 spiro atoms. The maximum Gasteiger partial charge on any atom is 0.328 e. The summed E-state index contributed by atoms with van der Waals surface area (Å²) >= 11 is 3.51. The molecule has 2 aromatic rings. The van der Waals surface area contributed by atoms with Crippen molar-refractivity contribution in [3.05, 3.63) is 52.5 Å². The Morgan fingerprint density at radius 2 is 2.32 bits per heavy atom. The number of halogens is 1. The van der Waals surface area contributed by atoms with Crippen LogP contribution < -0.4 is 0 Å². The zero-order valence-electron chi connectivity index (χ0n) is 10.4. The molecule has 1 aromatic heterocycles. The van der Waals surface area contributed by atoms with E-state index in [9.17, 15) is 4.79 Å². The van der Waals surface area contributed by atoms with Crippen LogP contribution >= 0.6 is 15.9 Å². The number of imidazole rings is 1. The van der Waals surface area contributed by atoms with Gasteiger partial charge in [0.25, 0.3) is 0 Å². The van der Waals surface area contributed by atoms with Gasteiger partial charge in [-0.3, -0.25) is 0 Å². The Morgan fingerprint density at radius 3 is 2.95 bits per heavy atom. The van der Waals surface area contributed by atoms with Crippen LogP contribution in [0.3, 0.4) is 0 Å². The summed E-state index contributed by atoms with van der Waals surface area (Å²) in [6.45, 7) is 2.05. The van der Waals surface area contributed by atoms with E-state index in [0.29, 0.717) is 0 Å². The fourth-order valence-electron chi connectivity index (χ4n) is 1.80. The lowest BCUT2D eigenvalue weighted by atomic mass is 10.2. The molecule has 1 N–H and O–H groups in total. The molecule has 0 amide bonds. The first kappa shape index (κ1) is 13.5. The summed E-state index contributed by atoms with van der Waals surface area (Å²) in [5, 5.41) is 8.61. The molecule has 19 heavy (non-hydrogen) atoms. The van der Waals surface area contributed by atoms with Crippen LogP contribution in [0.15, 0.2) is 41.1 Å². The van der Waals surface area contributed by atoms with Gasteiger partial charge in [-0.15, -0.1) is 0 Å². The zero-order valence-corrected chi connectivity index (χ0v) is 12.0. The van der Waals surface area contributed by atoms with Gasteiger partial charge < -0.3 is 9.67 Å². The number of rotatable bonds is 4. The van der Waals surface area contributed by atoms with Crippen LogP contribution in [-0.4, -0.2) is 20.6 Å². The summed E-state index contributed by atoms with van der Waals surface area (Å²) in [4.78, 5) is 14.8. The molecule has 4 nitrogen and oxygen atoms in total. The van der Waals surface area contributed by atoms with Crippen molar-refractivity contribution >= 4 is 28.0 Å². The molecule has 0 aliphatic carbocycles. The van der Waals surface area contributed by atoms with Gasteiger partial charge in [-0.05, 0) is 39.7 Å². The van der Waals surface area contributed by atoms with Crippen molar-refractivity contribution in [2.24, 2.45) is 0 Å². The van der Waals surface area contributed by atoms with E-state index in [1.54, 1.807) is 12.3 Å². The largest absolute Gasteiger partial charge is 0.478 e. The van der Waals surface area contributed by atoms with E-state index in [4.69, 9.17) is 5.11 Å². The Hall–Kier alpha value is -1.88. The number of aryl methyl sites for hydroxylation is 1. The van der Waals surface area contributed by atoms with Gasteiger partial charge in [-0.2, -0.15) is 0 Å². The monoisotopic (exact) mass is 320 g/mol. The molecule has 0 bridgehead atoms. The Kier molecular flexibility index (Phi) is 4.16. The first-order valence-corrected chi connectivity index (χ1v) is 6.64. The van der Waals surface area contributed by atoms with E-state index >= 15 is 0 Å². The third-order valence-corrected chi connectivity index (χ3v) is 3.32. The Labute approximate surface area is 119 Å². The van der Waals surface area contributed by atoms with Crippen molar-refractivity contribution in [1.29, 1.82) is 0 Å². The van der Waals surface area contributed by atoms with Gasteiger partial charge in [-0.25, -0.2) is 9.78 Å². The van der Waals surface area contributed by atoms with Crippen molar-refractivity contribution in [2.45, 2.75) is 13.3 Å². The Bertz CT molecular complexity index is 632. The Morgan fingerprint density at radius 1 is 1.53 bits per heavy atom. The molecule has 0 radical (unpaired) electrons. The van der Waals surface area contributed by atoms with E-state index in [-0.39, 0.29) is 0 Å². The zero-order chi connectivity index (χ0) is 13.8. The molecule has 0 aliphatic heterocycles. The molecule has 0 fully saturated rings. The van der Waals surface area contributed by atoms with Gasteiger partial charge in [0.1, 0.15) is 5.82 Å². The first-order valence-electron chi connectivity index (χ1n) is 5.85. The predicted molar refractivity (Wildman–Crippen MR) is 77.3 cm³/mol. The highest BCUT2D eigenvalue weighted by atomic mass is 79.9. The standard InChI is InChI=1S/C14H13BrN2O2/c1-2-13-16-7-8-17(13)12-5-3-10(9-11(12)15)4-6-14(18)19/h3-9H,2H2,1H3,(H,18,19)/b6-4+. The van der Waals surface area contributed by atoms with Crippen molar-refractivity contribution in [2.75, 3.05) is 0 Å². The highest BCUT2D eigenvalue weighted by molar-refractivity contribution is 9.10. The number of aliphatic carboxylic acids is 1. The molecule has 2 rings (SSSR count). The maximum absolute atomic E-state index is 10.5. The van der Waals surface area contributed by atoms with Crippen LogP contribution in [0.1, 0.15) is 18.3 Å². The minimum Gasteiger partial charge on any atom is -0.478 e. The second-order valence-corrected chi connectivity index (χ2v) is 4.80. The van der Waals surface area contributed by atoms with Crippen molar-refractivity contribution in [3.63, 3.8) is 0 Å². The fraction of sp³-hybridized carbons (Fsp3) is 0.143. The highest BCUT2D eigenvalue weighted by Gasteiger charge is 2.07. The first-order chi connectivity index (χ1) is 9.11. The van der Waals surface area contributed by atoms with Gasteiger partial charge >= 0.3 is 5.97 Å². The number of carboxylic acids is 1. The summed E-state index contributed by atoms with van der Waals surface area (Å²) in [5.74, 6) is 0.0256. The average molecular weight is 321 g/mol. The minimum absolute atomic E-state index is 0.830. The molecule has 1 aromatic carbocycles. The van der Waals surface area contributed by atoms with Crippen LogP contribution in [-0.2, 0) is 11.2 Å². The van der Waals surface area contributed by atoms with E-state index in [1.807, 2.05) is 29.0 Å². The Balaban J connectivity index is 2.37. The summed E-state index contributed by atoms with van der Waals surface area (Å²) in [6, 6.07) is 5.69. The number of carboxylic acid groups (broad SMARTS) is 1. The summed E-state index contributed by atoms with van der Waals surface area (Å²) in [5.41, 5.74) is 1.82. The molecule has 0 saturated heterocycles. The van der Waals surface area contributed by atoms with E-state index in [0.717, 1.165) is 34.0 Å². The minimum atomic E-state index is -0.955. The van der Waals surface area contributed by atoms with E-state index in [1.165, 1.54) is 0 Å². The van der Waals surface area contributed by atoms with Crippen LogP contribution in [0.25, 0.3) is 11.8 Å². The summed E-state index contributed by atoms with van der Waals surface area (Å²) < 4.78 is 2.90. The van der Waals surface area contributed by atoms with Gasteiger partial charge in [-0.1, -0.05) is 13.0 Å². The number of aromatic nitrogens is 2. The topological polar surface area (TPSA) is 55.1 Å². The quantitative estimate of drug-likeness (QED) is 0.879. The van der Waals surface area contributed by atoms with Gasteiger partial charge in [0, 0.05) is 29.4 Å². The van der Waals surface area contributed by atoms with Crippen molar-refractivity contribution < 1.29 is 9.90 Å². The third kappa shape index (κ3) is 3.12. The summed E-state index contributed by atoms with van der Waals surface area (Å²) in [6.07, 6.45) is 7.21. The van der Waals surface area contributed by atoms with E-state index in [2.05, 4.69) is 27.8 Å². The average Bonchev–Trinajstić information content (AvgIpc) is 2.84. The van der Waals surface area contributed by atoms with Gasteiger partial charge in [0.2, 0.25) is 0 Å². The highest BCUT2D eigenvalue weighted by Crippen LogP contribution is 2.24. The molecule has 98 valence electrons. The van der Waals surface area contributed by atoms with Gasteiger partial charge in [0.05, 0.1) is 5.69 Å². The number of nitrogens with zero attached hydrogens (tertiary/aromatic N) is 2. The molecule has 0 saturated carbocycles. The smallest absolute Gasteiger partial charge is 0.328 e.